The van der Waals surface area contributed by atoms with Crippen LogP contribution >= 0.6 is 11.8 Å². The topological polar surface area (TPSA) is 12.0 Å². The van der Waals surface area contributed by atoms with E-state index in [9.17, 15) is 0 Å². The lowest BCUT2D eigenvalue weighted by atomic mass is 10.3. The fraction of sp³-hybridized carbons (Fsp3) is 0.273. The van der Waals surface area contributed by atoms with Crippen molar-refractivity contribution in [2.75, 3.05) is 12.8 Å². The number of thioether (sulfide) groups is 1. The van der Waals surface area contributed by atoms with Gasteiger partial charge in [0.2, 0.25) is 0 Å². The maximum absolute atomic E-state index is 3.77. The van der Waals surface area contributed by atoms with Gasteiger partial charge in [0.15, 0.2) is 0 Å². The maximum atomic E-state index is 3.77. The van der Waals surface area contributed by atoms with Gasteiger partial charge in [-0.05, 0) is 19.2 Å². The van der Waals surface area contributed by atoms with Crippen molar-refractivity contribution in [3.8, 4) is 0 Å². The van der Waals surface area contributed by atoms with Gasteiger partial charge in [0, 0.05) is 16.7 Å². The Morgan fingerprint density at radius 1 is 1.46 bits per heavy atom. The summed E-state index contributed by atoms with van der Waals surface area (Å²) < 4.78 is 0. The normalized spacial score (nSPS) is 12.4. The second kappa shape index (κ2) is 5.84. The van der Waals surface area contributed by atoms with Gasteiger partial charge in [-0.1, -0.05) is 24.3 Å². The van der Waals surface area contributed by atoms with Crippen LogP contribution in [0.2, 0.25) is 0 Å². The summed E-state index contributed by atoms with van der Waals surface area (Å²) >= 11 is 1.84. The Morgan fingerprint density at radius 2 is 2.15 bits per heavy atom. The molecule has 0 saturated carbocycles. The monoisotopic (exact) mass is 193 g/mol. The number of nitrogens with one attached hydrogen (secondary N) is 1. The minimum absolute atomic E-state index is 0.394. The van der Waals surface area contributed by atoms with E-state index in [1.165, 1.54) is 4.90 Å². The molecular weight excluding hydrogens is 178 g/mol. The van der Waals surface area contributed by atoms with Crippen molar-refractivity contribution in [1.82, 2.24) is 5.32 Å². The molecule has 1 rings (SSSR count). The third-order valence-corrected chi connectivity index (χ3v) is 2.96. The van der Waals surface area contributed by atoms with Gasteiger partial charge in [-0.3, -0.25) is 0 Å². The first-order chi connectivity index (χ1) is 6.36. The number of hydrogen-bond acceptors (Lipinski definition) is 2. The highest BCUT2D eigenvalue weighted by Gasteiger charge is 2.00. The Kier molecular flexibility index (Phi) is 4.65. The Morgan fingerprint density at radius 3 is 2.69 bits per heavy atom. The Labute approximate surface area is 84.2 Å². The van der Waals surface area contributed by atoms with E-state index < -0.39 is 0 Å². The molecule has 1 unspecified atom stereocenters. The molecule has 0 amide bonds. The summed E-state index contributed by atoms with van der Waals surface area (Å²) in [6, 6.07) is 10.8. The molecule has 0 heterocycles. The Balaban J connectivity index is 2.38. The summed E-state index contributed by atoms with van der Waals surface area (Å²) in [4.78, 5) is 1.31. The van der Waals surface area contributed by atoms with Crippen LogP contribution in [-0.2, 0) is 0 Å². The molecule has 0 aliphatic rings. The molecule has 1 N–H and O–H groups in total. The summed E-state index contributed by atoms with van der Waals surface area (Å²) in [5.41, 5.74) is 0. The largest absolute Gasteiger partial charge is 0.313 e. The molecule has 0 saturated heterocycles. The number of benzene rings is 1. The van der Waals surface area contributed by atoms with Crippen LogP contribution < -0.4 is 5.32 Å². The molecule has 1 nitrogen and oxygen atoms in total. The molecule has 0 aliphatic carbocycles. The van der Waals surface area contributed by atoms with Crippen LogP contribution in [0.25, 0.3) is 0 Å². The van der Waals surface area contributed by atoms with E-state index >= 15 is 0 Å². The second-order valence-corrected chi connectivity index (χ2v) is 3.85. The van der Waals surface area contributed by atoms with Crippen molar-refractivity contribution in [3.63, 3.8) is 0 Å². The van der Waals surface area contributed by atoms with Crippen LogP contribution in [0.5, 0.6) is 0 Å². The van der Waals surface area contributed by atoms with Crippen molar-refractivity contribution in [3.05, 3.63) is 43.0 Å². The van der Waals surface area contributed by atoms with Crippen LogP contribution in [-0.4, -0.2) is 18.8 Å². The lowest BCUT2D eigenvalue weighted by Crippen LogP contribution is -2.24. The van der Waals surface area contributed by atoms with Gasteiger partial charge in [0.05, 0.1) is 0 Å². The molecule has 0 aliphatic heterocycles. The average Bonchev–Trinajstić information content (AvgIpc) is 2.21. The van der Waals surface area contributed by atoms with E-state index in [0.717, 1.165) is 5.75 Å². The molecule has 1 aromatic rings. The van der Waals surface area contributed by atoms with Gasteiger partial charge in [0.25, 0.3) is 0 Å². The van der Waals surface area contributed by atoms with Crippen LogP contribution in [0.15, 0.2) is 47.9 Å². The third-order valence-electron chi connectivity index (χ3n) is 1.83. The van der Waals surface area contributed by atoms with Gasteiger partial charge in [-0.2, -0.15) is 0 Å². The molecule has 2 heteroatoms. The number of rotatable bonds is 5. The molecular formula is C11H15NS. The van der Waals surface area contributed by atoms with Gasteiger partial charge < -0.3 is 5.32 Å². The van der Waals surface area contributed by atoms with Gasteiger partial charge in [0.1, 0.15) is 0 Å². The fourth-order valence-corrected chi connectivity index (χ4v) is 2.00. The van der Waals surface area contributed by atoms with E-state index in [4.69, 9.17) is 0 Å². The van der Waals surface area contributed by atoms with E-state index in [2.05, 4.69) is 36.2 Å². The highest BCUT2D eigenvalue weighted by molar-refractivity contribution is 7.99. The molecule has 1 atom stereocenters. The Bertz CT molecular complexity index is 246. The smallest absolute Gasteiger partial charge is 0.0339 e. The zero-order valence-electron chi connectivity index (χ0n) is 7.86. The molecule has 0 aromatic heterocycles. The van der Waals surface area contributed by atoms with Gasteiger partial charge >= 0.3 is 0 Å². The zero-order valence-corrected chi connectivity index (χ0v) is 8.68. The summed E-state index contributed by atoms with van der Waals surface area (Å²) in [7, 11) is 1.96. The minimum Gasteiger partial charge on any atom is -0.313 e. The van der Waals surface area contributed by atoms with E-state index in [0.29, 0.717) is 6.04 Å². The molecule has 1 aromatic carbocycles. The van der Waals surface area contributed by atoms with E-state index in [1.54, 1.807) is 0 Å². The first-order valence-corrected chi connectivity index (χ1v) is 5.33. The standard InChI is InChI=1S/C11H15NS/c1-3-10(12-2)9-13-11-7-5-4-6-8-11/h3-8,10,12H,1,9H2,2H3. The van der Waals surface area contributed by atoms with Gasteiger partial charge in [-0.25, -0.2) is 0 Å². The number of hydrogen-bond donors (Lipinski definition) is 1. The first kappa shape index (κ1) is 10.4. The van der Waals surface area contributed by atoms with Crippen molar-refractivity contribution in [1.29, 1.82) is 0 Å². The summed E-state index contributed by atoms with van der Waals surface area (Å²) in [5, 5.41) is 3.18. The van der Waals surface area contributed by atoms with Crippen molar-refractivity contribution in [2.45, 2.75) is 10.9 Å². The van der Waals surface area contributed by atoms with Crippen LogP contribution in [0.4, 0.5) is 0 Å². The van der Waals surface area contributed by atoms with Gasteiger partial charge in [-0.15, -0.1) is 18.3 Å². The number of likely N-dealkylation sites (N-methyl/N-ethyl adjacent to an activating group) is 1. The zero-order chi connectivity index (χ0) is 9.52. The molecule has 70 valence electrons. The van der Waals surface area contributed by atoms with E-state index in [-0.39, 0.29) is 0 Å². The first-order valence-electron chi connectivity index (χ1n) is 4.34. The fourth-order valence-electron chi connectivity index (χ4n) is 0.972. The minimum atomic E-state index is 0.394. The van der Waals surface area contributed by atoms with Crippen LogP contribution in [0.3, 0.4) is 0 Å². The molecule has 0 bridgehead atoms. The van der Waals surface area contributed by atoms with Crippen molar-refractivity contribution in [2.24, 2.45) is 0 Å². The van der Waals surface area contributed by atoms with Crippen molar-refractivity contribution >= 4 is 11.8 Å². The summed E-state index contributed by atoms with van der Waals surface area (Å²) in [5.74, 6) is 1.03. The van der Waals surface area contributed by atoms with E-state index in [1.807, 2.05) is 31.0 Å². The molecule has 0 radical (unpaired) electrons. The lowest BCUT2D eigenvalue weighted by Gasteiger charge is -2.09. The van der Waals surface area contributed by atoms with Crippen LogP contribution in [0.1, 0.15) is 0 Å². The third kappa shape index (κ3) is 3.66. The molecule has 13 heavy (non-hydrogen) atoms. The molecule has 0 fully saturated rings. The SMILES string of the molecule is C=CC(CSc1ccccc1)NC. The maximum Gasteiger partial charge on any atom is 0.0339 e. The highest BCUT2D eigenvalue weighted by atomic mass is 32.2. The highest BCUT2D eigenvalue weighted by Crippen LogP contribution is 2.17. The predicted octanol–water partition coefficient (Wildman–Crippen LogP) is 2.55. The van der Waals surface area contributed by atoms with Crippen molar-refractivity contribution < 1.29 is 0 Å². The summed E-state index contributed by atoms with van der Waals surface area (Å²) in [6.45, 7) is 3.77. The Hall–Kier alpha value is -0.730. The molecule has 0 spiro atoms. The predicted molar refractivity (Wildman–Crippen MR) is 60.2 cm³/mol. The lowest BCUT2D eigenvalue weighted by molar-refractivity contribution is 0.740. The quantitative estimate of drug-likeness (QED) is 0.570. The second-order valence-electron chi connectivity index (χ2n) is 2.75. The van der Waals surface area contributed by atoms with Crippen LogP contribution in [0, 0.1) is 0 Å². The average molecular weight is 193 g/mol. The summed E-state index contributed by atoms with van der Waals surface area (Å²) in [6.07, 6.45) is 1.94.